The number of benzene rings is 2. The molecule has 12 heteroatoms. The molecule has 8 nitrogen and oxygen atoms in total. The van der Waals surface area contributed by atoms with Crippen molar-refractivity contribution in [2.45, 2.75) is 39.4 Å². The molecule has 2 rings (SSSR count). The zero-order valence-electron chi connectivity index (χ0n) is 20.1. The van der Waals surface area contributed by atoms with E-state index in [0.29, 0.717) is 15.6 Å². The monoisotopic (exact) mass is 546 g/mol. The van der Waals surface area contributed by atoms with Gasteiger partial charge < -0.3 is 10.2 Å². The van der Waals surface area contributed by atoms with Crippen LogP contribution in [0.3, 0.4) is 0 Å². The van der Waals surface area contributed by atoms with Gasteiger partial charge in [0, 0.05) is 36.7 Å². The van der Waals surface area contributed by atoms with Gasteiger partial charge in [-0.15, -0.1) is 0 Å². The molecular weight excluding hydrogens is 518 g/mol. The third kappa shape index (κ3) is 7.54. The van der Waals surface area contributed by atoms with E-state index in [2.05, 4.69) is 5.32 Å². The minimum Gasteiger partial charge on any atom is -0.352 e. The number of anilines is 1. The molecule has 0 spiro atoms. The van der Waals surface area contributed by atoms with Gasteiger partial charge in [0.05, 0.1) is 5.69 Å². The molecule has 35 heavy (non-hydrogen) atoms. The second kappa shape index (κ2) is 12.0. The smallest absolute Gasteiger partial charge is 0.304 e. The Morgan fingerprint density at radius 1 is 1.03 bits per heavy atom. The molecular formula is C23H29Cl2FN4O4S. The summed E-state index contributed by atoms with van der Waals surface area (Å²) in [6, 6.07) is 8.35. The topological polar surface area (TPSA) is 90.0 Å². The first-order valence-corrected chi connectivity index (χ1v) is 12.9. The summed E-state index contributed by atoms with van der Waals surface area (Å²) in [5.74, 6) is -1.63. The van der Waals surface area contributed by atoms with Crippen LogP contribution in [0.15, 0.2) is 42.5 Å². The summed E-state index contributed by atoms with van der Waals surface area (Å²) in [5, 5.41) is 3.46. The van der Waals surface area contributed by atoms with E-state index in [9.17, 15) is 22.4 Å². The first kappa shape index (κ1) is 28.8. The molecule has 0 saturated heterocycles. The van der Waals surface area contributed by atoms with E-state index in [-0.39, 0.29) is 18.3 Å². The molecule has 0 aliphatic carbocycles. The first-order chi connectivity index (χ1) is 16.2. The average Bonchev–Trinajstić information content (AvgIpc) is 2.76. The van der Waals surface area contributed by atoms with Crippen LogP contribution in [0.25, 0.3) is 0 Å². The summed E-state index contributed by atoms with van der Waals surface area (Å²) in [7, 11) is -1.49. The van der Waals surface area contributed by atoms with Crippen molar-refractivity contribution in [2.24, 2.45) is 0 Å². The van der Waals surface area contributed by atoms with Crippen LogP contribution in [0.5, 0.6) is 0 Å². The third-order valence-corrected chi connectivity index (χ3v) is 7.49. The van der Waals surface area contributed by atoms with Crippen molar-refractivity contribution >= 4 is 50.9 Å². The van der Waals surface area contributed by atoms with Crippen LogP contribution < -0.4 is 9.62 Å². The fraction of sp³-hybridized carbons (Fsp3) is 0.391. The zero-order valence-corrected chi connectivity index (χ0v) is 22.5. The molecule has 0 radical (unpaired) electrons. The molecule has 0 bridgehead atoms. The van der Waals surface area contributed by atoms with E-state index >= 15 is 0 Å². The highest BCUT2D eigenvalue weighted by Crippen LogP contribution is 2.25. The Morgan fingerprint density at radius 3 is 2.14 bits per heavy atom. The predicted molar refractivity (Wildman–Crippen MR) is 136 cm³/mol. The summed E-state index contributed by atoms with van der Waals surface area (Å²) >= 11 is 12.3. The van der Waals surface area contributed by atoms with Gasteiger partial charge in [-0.3, -0.25) is 9.59 Å². The number of halogens is 3. The van der Waals surface area contributed by atoms with Crippen LogP contribution in [-0.2, 0) is 26.3 Å². The highest BCUT2D eigenvalue weighted by Gasteiger charge is 2.33. The lowest BCUT2D eigenvalue weighted by Crippen LogP contribution is -2.53. The predicted octanol–water partition coefficient (Wildman–Crippen LogP) is 3.69. The van der Waals surface area contributed by atoms with Gasteiger partial charge in [0.15, 0.2) is 0 Å². The molecule has 2 aromatic carbocycles. The Hall–Kier alpha value is -2.40. The van der Waals surface area contributed by atoms with E-state index in [1.54, 1.807) is 32.9 Å². The number of carbonyl (C=O) groups excluding carboxylic acids is 2. The molecule has 0 aliphatic rings. The molecule has 2 aromatic rings. The molecule has 0 aromatic heterocycles. The van der Waals surface area contributed by atoms with Crippen LogP contribution in [0.4, 0.5) is 10.1 Å². The molecule has 2 amide bonds. The van der Waals surface area contributed by atoms with Gasteiger partial charge in [-0.2, -0.15) is 12.7 Å². The number of nitrogens with one attached hydrogen (secondary N) is 1. The normalized spacial score (nSPS) is 12.5. The van der Waals surface area contributed by atoms with Crippen molar-refractivity contribution in [1.29, 1.82) is 0 Å². The summed E-state index contributed by atoms with van der Waals surface area (Å²) < 4.78 is 41.4. The molecule has 0 aliphatic heterocycles. The summed E-state index contributed by atoms with van der Waals surface area (Å²) in [6.07, 6.45) is 0. The van der Waals surface area contributed by atoms with Crippen molar-refractivity contribution in [1.82, 2.24) is 14.5 Å². The molecule has 192 valence electrons. The highest BCUT2D eigenvalue weighted by atomic mass is 35.5. The number of carbonyl (C=O) groups is 2. The van der Waals surface area contributed by atoms with Crippen LogP contribution in [0.1, 0.15) is 26.3 Å². The molecule has 0 fully saturated rings. The maximum atomic E-state index is 13.6. The highest BCUT2D eigenvalue weighted by molar-refractivity contribution is 7.90. The van der Waals surface area contributed by atoms with Gasteiger partial charge in [0.2, 0.25) is 11.8 Å². The lowest BCUT2D eigenvalue weighted by molar-refractivity contribution is -0.139. The molecule has 1 N–H and O–H groups in total. The fourth-order valence-corrected chi connectivity index (χ4v) is 4.67. The lowest BCUT2D eigenvalue weighted by Gasteiger charge is -2.33. The largest absolute Gasteiger partial charge is 0.352 e. The summed E-state index contributed by atoms with van der Waals surface area (Å²) in [5.41, 5.74) is 0.620. The molecule has 0 saturated carbocycles. The SMILES string of the molecule is CC(C)NC(=O)C(C)N(Cc1ccc(Cl)cc1Cl)C(=O)CN(c1ccc(F)cc1)S(=O)(=O)N(C)C. The maximum Gasteiger partial charge on any atom is 0.304 e. The second-order valence-electron chi connectivity index (χ2n) is 8.37. The average molecular weight is 547 g/mol. The van der Waals surface area contributed by atoms with Gasteiger partial charge in [0.25, 0.3) is 0 Å². The summed E-state index contributed by atoms with van der Waals surface area (Å²) in [4.78, 5) is 27.6. The van der Waals surface area contributed by atoms with Gasteiger partial charge in [-0.1, -0.05) is 29.3 Å². The van der Waals surface area contributed by atoms with Gasteiger partial charge in [-0.25, -0.2) is 8.70 Å². The molecule has 0 heterocycles. The summed E-state index contributed by atoms with van der Waals surface area (Å²) in [6.45, 7) is 4.42. The van der Waals surface area contributed by atoms with E-state index in [4.69, 9.17) is 23.2 Å². The first-order valence-electron chi connectivity index (χ1n) is 10.7. The van der Waals surface area contributed by atoms with Crippen molar-refractivity contribution in [3.8, 4) is 0 Å². The van der Waals surface area contributed by atoms with Crippen molar-refractivity contribution in [3.05, 3.63) is 63.9 Å². The number of nitrogens with zero attached hydrogens (tertiary/aromatic N) is 3. The second-order valence-corrected chi connectivity index (χ2v) is 11.3. The number of amides is 2. The van der Waals surface area contributed by atoms with Crippen molar-refractivity contribution in [2.75, 3.05) is 24.9 Å². The number of rotatable bonds is 10. The van der Waals surface area contributed by atoms with Crippen LogP contribution >= 0.6 is 23.2 Å². The van der Waals surface area contributed by atoms with Gasteiger partial charge in [-0.05, 0) is 62.7 Å². The Balaban J connectivity index is 2.48. The minimum absolute atomic E-state index is 0.0687. The van der Waals surface area contributed by atoms with E-state index in [1.165, 1.54) is 37.2 Å². The Labute approximate surface area is 215 Å². The number of hydrogen-bond acceptors (Lipinski definition) is 4. The molecule has 1 atom stereocenters. The quantitative estimate of drug-likeness (QED) is 0.492. The van der Waals surface area contributed by atoms with Crippen molar-refractivity contribution < 1.29 is 22.4 Å². The third-order valence-electron chi connectivity index (χ3n) is 5.09. The van der Waals surface area contributed by atoms with Crippen LogP contribution in [-0.4, -0.2) is 62.2 Å². The van der Waals surface area contributed by atoms with Gasteiger partial charge >= 0.3 is 10.2 Å². The lowest BCUT2D eigenvalue weighted by atomic mass is 10.1. The van der Waals surface area contributed by atoms with Crippen molar-refractivity contribution in [3.63, 3.8) is 0 Å². The van der Waals surface area contributed by atoms with Crippen LogP contribution in [0, 0.1) is 5.82 Å². The van der Waals surface area contributed by atoms with Crippen LogP contribution in [0.2, 0.25) is 10.0 Å². The Bertz CT molecular complexity index is 1160. The van der Waals surface area contributed by atoms with E-state index in [1.807, 2.05) is 0 Å². The van der Waals surface area contributed by atoms with E-state index < -0.39 is 40.4 Å². The maximum absolute atomic E-state index is 13.6. The fourth-order valence-electron chi connectivity index (χ4n) is 3.15. The minimum atomic E-state index is -4.13. The Kier molecular flexibility index (Phi) is 9.91. The Morgan fingerprint density at radius 2 is 1.63 bits per heavy atom. The standard InChI is InChI=1S/C23H29Cl2FN4O4S/c1-15(2)27-23(32)16(3)29(13-17-6-7-18(24)12-21(17)25)22(31)14-30(35(33,34)28(4)5)20-10-8-19(26)9-11-20/h6-12,15-16H,13-14H2,1-5H3,(H,27,32). The van der Waals surface area contributed by atoms with E-state index in [0.717, 1.165) is 20.7 Å². The molecule has 1 unspecified atom stereocenters. The number of hydrogen-bond donors (Lipinski definition) is 1. The van der Waals surface area contributed by atoms with Gasteiger partial charge in [0.1, 0.15) is 18.4 Å². The zero-order chi connectivity index (χ0) is 26.5.